The van der Waals surface area contributed by atoms with E-state index in [2.05, 4.69) is 31.0 Å². The van der Waals surface area contributed by atoms with Gasteiger partial charge in [-0.05, 0) is 51.6 Å². The number of carbonyl (C=O) groups is 1. The predicted octanol–water partition coefficient (Wildman–Crippen LogP) is 2.17. The molecular formula is C17H29N3O2. The van der Waals surface area contributed by atoms with Crippen molar-refractivity contribution in [2.75, 3.05) is 43.0 Å². The fourth-order valence-corrected chi connectivity index (χ4v) is 2.48. The summed E-state index contributed by atoms with van der Waals surface area (Å²) in [5, 5.41) is 11.8. The van der Waals surface area contributed by atoms with Gasteiger partial charge in [-0.15, -0.1) is 0 Å². The van der Waals surface area contributed by atoms with Crippen molar-refractivity contribution >= 4 is 17.3 Å². The normalized spacial score (nSPS) is 11.0. The summed E-state index contributed by atoms with van der Waals surface area (Å²) in [6.07, 6.45) is 0. The molecular weight excluding hydrogens is 278 g/mol. The van der Waals surface area contributed by atoms with E-state index in [0.717, 1.165) is 24.5 Å². The molecule has 1 rings (SSSR count). The van der Waals surface area contributed by atoms with Crippen LogP contribution in [0.4, 0.5) is 11.4 Å². The second-order valence-electron chi connectivity index (χ2n) is 5.57. The fourth-order valence-electron chi connectivity index (χ4n) is 2.48. The van der Waals surface area contributed by atoms with Gasteiger partial charge in [0.1, 0.15) is 0 Å². The van der Waals surface area contributed by atoms with Crippen LogP contribution < -0.4 is 10.2 Å². The number of hydrogen-bond acceptors (Lipinski definition) is 4. The van der Waals surface area contributed by atoms with E-state index in [0.29, 0.717) is 19.1 Å². The van der Waals surface area contributed by atoms with Crippen LogP contribution in [0.15, 0.2) is 24.3 Å². The molecule has 0 bridgehead atoms. The topological polar surface area (TPSA) is 55.8 Å². The van der Waals surface area contributed by atoms with E-state index in [-0.39, 0.29) is 12.5 Å². The lowest BCUT2D eigenvalue weighted by atomic mass is 10.2. The van der Waals surface area contributed by atoms with E-state index in [4.69, 9.17) is 5.11 Å². The third-order valence-electron chi connectivity index (χ3n) is 3.68. The molecule has 1 amide bonds. The van der Waals surface area contributed by atoms with Gasteiger partial charge in [-0.1, -0.05) is 6.92 Å². The average Bonchev–Trinajstić information content (AvgIpc) is 2.48. The minimum absolute atomic E-state index is 0.0562. The van der Waals surface area contributed by atoms with Gasteiger partial charge in [0.2, 0.25) is 5.91 Å². The maximum Gasteiger partial charge on any atom is 0.238 e. The molecule has 0 atom stereocenters. The van der Waals surface area contributed by atoms with Gasteiger partial charge >= 0.3 is 0 Å². The van der Waals surface area contributed by atoms with Crippen molar-refractivity contribution in [3.8, 4) is 0 Å². The van der Waals surface area contributed by atoms with Crippen LogP contribution in [0.1, 0.15) is 27.7 Å². The molecule has 0 aliphatic heterocycles. The van der Waals surface area contributed by atoms with Crippen LogP contribution in [0.3, 0.4) is 0 Å². The number of rotatable bonds is 9. The quantitative estimate of drug-likeness (QED) is 0.734. The second-order valence-corrected chi connectivity index (χ2v) is 5.57. The number of likely N-dealkylation sites (N-methyl/N-ethyl adjacent to an activating group) is 1. The molecule has 5 nitrogen and oxygen atoms in total. The Balaban J connectivity index is 2.62. The molecule has 0 aliphatic carbocycles. The van der Waals surface area contributed by atoms with Crippen molar-refractivity contribution in [3.63, 3.8) is 0 Å². The molecule has 2 N–H and O–H groups in total. The van der Waals surface area contributed by atoms with Gasteiger partial charge in [0.15, 0.2) is 0 Å². The molecule has 0 saturated carbocycles. The highest BCUT2D eigenvalue weighted by molar-refractivity contribution is 5.92. The van der Waals surface area contributed by atoms with Crippen molar-refractivity contribution in [1.29, 1.82) is 0 Å². The molecule has 124 valence electrons. The molecule has 5 heteroatoms. The van der Waals surface area contributed by atoms with Gasteiger partial charge in [-0.25, -0.2) is 0 Å². The zero-order valence-corrected chi connectivity index (χ0v) is 14.2. The lowest BCUT2D eigenvalue weighted by Gasteiger charge is -2.27. The Labute approximate surface area is 133 Å². The van der Waals surface area contributed by atoms with Gasteiger partial charge in [-0.3, -0.25) is 9.69 Å². The zero-order chi connectivity index (χ0) is 16.5. The van der Waals surface area contributed by atoms with Gasteiger partial charge in [0.25, 0.3) is 0 Å². The summed E-state index contributed by atoms with van der Waals surface area (Å²) in [6.45, 7) is 11.0. The third-order valence-corrected chi connectivity index (χ3v) is 3.68. The number of amides is 1. The van der Waals surface area contributed by atoms with E-state index in [1.807, 2.05) is 36.1 Å². The fraction of sp³-hybridized carbons (Fsp3) is 0.588. The molecule has 0 fully saturated rings. The first kappa shape index (κ1) is 18.5. The van der Waals surface area contributed by atoms with E-state index >= 15 is 0 Å². The Bertz CT molecular complexity index is 446. The predicted molar refractivity (Wildman–Crippen MR) is 92.4 cm³/mol. The first-order valence-electron chi connectivity index (χ1n) is 8.01. The maximum atomic E-state index is 12.0. The summed E-state index contributed by atoms with van der Waals surface area (Å²) in [6, 6.07) is 8.37. The van der Waals surface area contributed by atoms with Crippen molar-refractivity contribution in [2.24, 2.45) is 0 Å². The Morgan fingerprint density at radius 1 is 1.18 bits per heavy atom. The summed E-state index contributed by atoms with van der Waals surface area (Å²) in [7, 11) is 0. The monoisotopic (exact) mass is 307 g/mol. The van der Waals surface area contributed by atoms with Gasteiger partial charge in [0.05, 0.1) is 13.2 Å². The number of nitrogens with zero attached hydrogens (tertiary/aromatic N) is 2. The highest BCUT2D eigenvalue weighted by Crippen LogP contribution is 2.19. The number of anilines is 2. The number of nitrogens with one attached hydrogen (secondary N) is 1. The van der Waals surface area contributed by atoms with Crippen LogP contribution in [0.2, 0.25) is 0 Å². The highest BCUT2D eigenvalue weighted by atomic mass is 16.3. The highest BCUT2D eigenvalue weighted by Gasteiger charge is 2.10. The Morgan fingerprint density at radius 3 is 2.27 bits per heavy atom. The third kappa shape index (κ3) is 5.66. The van der Waals surface area contributed by atoms with E-state index in [1.54, 1.807) is 0 Å². The van der Waals surface area contributed by atoms with Crippen LogP contribution in [0, 0.1) is 0 Å². The summed E-state index contributed by atoms with van der Waals surface area (Å²) in [5.41, 5.74) is 1.96. The standard InChI is InChI=1S/C17H29N3O2/c1-5-19(11-12-21)13-17(22)18-15-7-9-16(10-8-15)20(6-2)14(3)4/h7-10,14,21H,5-6,11-13H2,1-4H3,(H,18,22). The van der Waals surface area contributed by atoms with Gasteiger partial charge in [-0.2, -0.15) is 0 Å². The van der Waals surface area contributed by atoms with Crippen molar-refractivity contribution in [2.45, 2.75) is 33.7 Å². The number of hydrogen-bond donors (Lipinski definition) is 2. The molecule has 0 unspecified atom stereocenters. The van der Waals surface area contributed by atoms with E-state index in [9.17, 15) is 4.79 Å². The smallest absolute Gasteiger partial charge is 0.238 e. The van der Waals surface area contributed by atoms with E-state index < -0.39 is 0 Å². The SMILES string of the molecule is CCN(CCO)CC(=O)Nc1ccc(N(CC)C(C)C)cc1. The van der Waals surface area contributed by atoms with Crippen molar-refractivity contribution < 1.29 is 9.90 Å². The van der Waals surface area contributed by atoms with E-state index in [1.165, 1.54) is 0 Å². The van der Waals surface area contributed by atoms with Crippen LogP contribution >= 0.6 is 0 Å². The lowest BCUT2D eigenvalue weighted by molar-refractivity contribution is -0.117. The summed E-state index contributed by atoms with van der Waals surface area (Å²) in [5.74, 6) is -0.0562. The molecule has 0 saturated heterocycles. The Kier molecular flexibility index (Phi) is 7.91. The largest absolute Gasteiger partial charge is 0.395 e. The van der Waals surface area contributed by atoms with Crippen LogP contribution in [0.25, 0.3) is 0 Å². The molecule has 0 heterocycles. The Hall–Kier alpha value is -1.59. The lowest BCUT2D eigenvalue weighted by Crippen LogP contribution is -2.35. The number of carbonyl (C=O) groups excluding carboxylic acids is 1. The number of aliphatic hydroxyl groups excluding tert-OH is 1. The molecule has 1 aromatic rings. The van der Waals surface area contributed by atoms with Crippen LogP contribution in [0.5, 0.6) is 0 Å². The van der Waals surface area contributed by atoms with Crippen LogP contribution in [-0.4, -0.2) is 54.7 Å². The maximum absolute atomic E-state index is 12.0. The number of aliphatic hydroxyl groups is 1. The van der Waals surface area contributed by atoms with Gasteiger partial charge in [0, 0.05) is 30.5 Å². The number of benzene rings is 1. The first-order chi connectivity index (χ1) is 10.5. The molecule has 22 heavy (non-hydrogen) atoms. The molecule has 1 aromatic carbocycles. The van der Waals surface area contributed by atoms with Gasteiger partial charge < -0.3 is 15.3 Å². The minimum Gasteiger partial charge on any atom is -0.395 e. The summed E-state index contributed by atoms with van der Waals surface area (Å²) >= 11 is 0. The Morgan fingerprint density at radius 2 is 1.82 bits per heavy atom. The zero-order valence-electron chi connectivity index (χ0n) is 14.2. The molecule has 0 radical (unpaired) electrons. The molecule has 0 spiro atoms. The van der Waals surface area contributed by atoms with Crippen LogP contribution in [-0.2, 0) is 4.79 Å². The van der Waals surface area contributed by atoms with Crippen molar-refractivity contribution in [1.82, 2.24) is 4.90 Å². The minimum atomic E-state index is -0.0562. The summed E-state index contributed by atoms with van der Waals surface area (Å²) < 4.78 is 0. The second kappa shape index (κ2) is 9.43. The first-order valence-corrected chi connectivity index (χ1v) is 8.01. The molecule has 0 aromatic heterocycles. The van der Waals surface area contributed by atoms with Crippen molar-refractivity contribution in [3.05, 3.63) is 24.3 Å². The average molecular weight is 307 g/mol. The summed E-state index contributed by atoms with van der Waals surface area (Å²) in [4.78, 5) is 16.2. The molecule has 0 aliphatic rings.